The first-order valence-electron chi connectivity index (χ1n) is 4.29. The fraction of sp³-hybridized carbons (Fsp3) is 0.167. The molecule has 0 aromatic heterocycles. The van der Waals surface area contributed by atoms with Gasteiger partial charge in [0.05, 0.1) is 0 Å². The van der Waals surface area contributed by atoms with Crippen LogP contribution < -0.4 is 5.73 Å². The van der Waals surface area contributed by atoms with E-state index in [-0.39, 0.29) is 32.7 Å². The molecule has 0 aliphatic heterocycles. The molecular weight excluding hydrogens is 247 g/mol. The van der Waals surface area contributed by atoms with Crippen molar-refractivity contribution in [1.82, 2.24) is 0 Å². The molecular formula is C12H13NY-2. The Bertz CT molecular complexity index is 305. The van der Waals surface area contributed by atoms with Gasteiger partial charge in [0.2, 0.25) is 0 Å². The van der Waals surface area contributed by atoms with Crippen LogP contribution >= 0.6 is 0 Å². The molecule has 0 fully saturated rings. The molecule has 0 unspecified atom stereocenters. The third-order valence-corrected chi connectivity index (χ3v) is 1.77. The third kappa shape index (κ3) is 4.32. The number of benzene rings is 1. The molecule has 1 nitrogen and oxygen atoms in total. The van der Waals surface area contributed by atoms with E-state index in [4.69, 9.17) is 12.3 Å². The van der Waals surface area contributed by atoms with E-state index in [0.29, 0.717) is 6.54 Å². The standard InChI is InChI=1S/C12H13N.Y/c1-2-3-6-11-7-4-5-8-12(11)9-10-13;/h1-5,7-8H,9-10,13H2;/q-2;. The van der Waals surface area contributed by atoms with E-state index in [2.05, 4.69) is 12.1 Å². The number of hydrogen-bond acceptors (Lipinski definition) is 1. The number of hydrogen-bond donors (Lipinski definition) is 1. The summed E-state index contributed by atoms with van der Waals surface area (Å²) in [5.74, 6) is 0. The van der Waals surface area contributed by atoms with Crippen LogP contribution in [-0.2, 0) is 39.1 Å². The second-order valence-electron chi connectivity index (χ2n) is 2.70. The number of nitrogens with two attached hydrogens (primary N) is 1. The molecule has 0 saturated heterocycles. The molecule has 0 aliphatic carbocycles. The van der Waals surface area contributed by atoms with Gasteiger partial charge < -0.3 is 18.4 Å². The average molecular weight is 260 g/mol. The van der Waals surface area contributed by atoms with Crippen LogP contribution in [0.15, 0.2) is 36.4 Å². The molecule has 2 N–H and O–H groups in total. The van der Waals surface area contributed by atoms with Gasteiger partial charge in [-0.2, -0.15) is 5.56 Å². The summed E-state index contributed by atoms with van der Waals surface area (Å²) >= 11 is 0. The van der Waals surface area contributed by atoms with Gasteiger partial charge in [0.1, 0.15) is 0 Å². The fourth-order valence-corrected chi connectivity index (χ4v) is 1.17. The van der Waals surface area contributed by atoms with Crippen LogP contribution in [0.25, 0.3) is 0 Å². The Kier molecular flexibility index (Phi) is 7.97. The summed E-state index contributed by atoms with van der Waals surface area (Å²) in [5.41, 5.74) is 7.76. The van der Waals surface area contributed by atoms with E-state index in [1.165, 1.54) is 11.6 Å². The van der Waals surface area contributed by atoms with Gasteiger partial charge >= 0.3 is 0 Å². The minimum absolute atomic E-state index is 0. The summed E-state index contributed by atoms with van der Waals surface area (Å²) in [7, 11) is 0. The van der Waals surface area contributed by atoms with E-state index in [0.717, 1.165) is 12.0 Å². The van der Waals surface area contributed by atoms with Crippen molar-refractivity contribution in [2.24, 2.45) is 5.73 Å². The molecule has 0 heterocycles. The van der Waals surface area contributed by atoms with Gasteiger partial charge in [-0.15, -0.1) is 23.8 Å². The van der Waals surface area contributed by atoms with Gasteiger partial charge in [-0.25, -0.2) is 6.08 Å². The molecule has 1 aromatic carbocycles. The van der Waals surface area contributed by atoms with E-state index in [9.17, 15) is 0 Å². The third-order valence-electron chi connectivity index (χ3n) is 1.77. The summed E-state index contributed by atoms with van der Waals surface area (Å²) in [6.45, 7) is 5.89. The van der Waals surface area contributed by atoms with Gasteiger partial charge in [0.15, 0.2) is 0 Å². The van der Waals surface area contributed by atoms with Crippen molar-refractivity contribution in [2.45, 2.75) is 6.42 Å². The van der Waals surface area contributed by atoms with Crippen LogP contribution in [0.2, 0.25) is 0 Å². The molecule has 14 heavy (non-hydrogen) atoms. The zero-order valence-corrected chi connectivity index (χ0v) is 10.9. The Morgan fingerprint density at radius 3 is 2.71 bits per heavy atom. The molecule has 0 spiro atoms. The molecule has 1 radical (unpaired) electrons. The van der Waals surface area contributed by atoms with Crippen molar-refractivity contribution < 1.29 is 32.7 Å². The van der Waals surface area contributed by atoms with Gasteiger partial charge in [-0.3, -0.25) is 6.08 Å². The molecule has 0 atom stereocenters. The van der Waals surface area contributed by atoms with Crippen LogP contribution in [0, 0.1) is 12.7 Å². The Morgan fingerprint density at radius 1 is 1.36 bits per heavy atom. The van der Waals surface area contributed by atoms with Crippen molar-refractivity contribution in [2.75, 3.05) is 6.54 Å². The molecule has 71 valence electrons. The molecule has 2 heteroatoms. The average Bonchev–Trinajstić information content (AvgIpc) is 2.17. The quantitative estimate of drug-likeness (QED) is 0.649. The summed E-state index contributed by atoms with van der Waals surface area (Å²) < 4.78 is 0. The smallest absolute Gasteiger partial charge is 0 e. The summed E-state index contributed by atoms with van der Waals surface area (Å²) in [6.07, 6.45) is 7.14. The summed E-state index contributed by atoms with van der Waals surface area (Å²) in [6, 6.07) is 8.04. The van der Waals surface area contributed by atoms with Gasteiger partial charge in [-0.05, 0) is 13.0 Å². The van der Waals surface area contributed by atoms with Crippen LogP contribution in [0.3, 0.4) is 0 Å². The molecule has 0 amide bonds. The first kappa shape index (κ1) is 13.8. The zero-order chi connectivity index (χ0) is 9.52. The van der Waals surface area contributed by atoms with Gasteiger partial charge in [0, 0.05) is 32.7 Å². The van der Waals surface area contributed by atoms with Crippen LogP contribution in [0.5, 0.6) is 0 Å². The van der Waals surface area contributed by atoms with Crippen molar-refractivity contribution in [3.05, 3.63) is 60.2 Å². The SMILES string of the molecule is [CH-]=CC=[C-]c1ccccc1CCN.[Y]. The first-order valence-corrected chi connectivity index (χ1v) is 4.29. The van der Waals surface area contributed by atoms with Crippen molar-refractivity contribution in [3.63, 3.8) is 0 Å². The monoisotopic (exact) mass is 260 g/mol. The van der Waals surface area contributed by atoms with Crippen LogP contribution in [0.1, 0.15) is 11.1 Å². The first-order chi connectivity index (χ1) is 6.38. The van der Waals surface area contributed by atoms with E-state index in [1.807, 2.05) is 18.2 Å². The van der Waals surface area contributed by atoms with Gasteiger partial charge in [-0.1, -0.05) is 6.07 Å². The number of allylic oxidation sites excluding steroid dienone is 2. The Hall–Kier alpha value is -0.236. The predicted molar refractivity (Wildman–Crippen MR) is 55.0 cm³/mol. The maximum absolute atomic E-state index is 5.49. The molecule has 1 aromatic rings. The van der Waals surface area contributed by atoms with Crippen LogP contribution in [0.4, 0.5) is 0 Å². The van der Waals surface area contributed by atoms with E-state index < -0.39 is 0 Å². The normalized spacial score (nSPS) is 9.79. The largest absolute Gasteiger partial charge is 0.344 e. The Labute approximate surface area is 111 Å². The molecule has 0 aliphatic rings. The topological polar surface area (TPSA) is 26.0 Å². The van der Waals surface area contributed by atoms with Crippen molar-refractivity contribution in [1.29, 1.82) is 0 Å². The molecule has 0 saturated carbocycles. The van der Waals surface area contributed by atoms with Crippen molar-refractivity contribution in [3.8, 4) is 0 Å². The van der Waals surface area contributed by atoms with Gasteiger partial charge in [0.25, 0.3) is 0 Å². The van der Waals surface area contributed by atoms with E-state index in [1.54, 1.807) is 6.08 Å². The maximum Gasteiger partial charge on any atom is 0 e. The molecule has 0 bridgehead atoms. The zero-order valence-electron chi connectivity index (χ0n) is 8.11. The summed E-state index contributed by atoms with van der Waals surface area (Å²) in [4.78, 5) is 0. The minimum atomic E-state index is 0. The Morgan fingerprint density at radius 2 is 2.07 bits per heavy atom. The number of rotatable bonds is 4. The van der Waals surface area contributed by atoms with Crippen molar-refractivity contribution >= 4 is 0 Å². The van der Waals surface area contributed by atoms with Crippen LogP contribution in [-0.4, -0.2) is 6.54 Å². The maximum atomic E-state index is 5.49. The minimum Gasteiger partial charge on any atom is -0.344 e. The second-order valence-corrected chi connectivity index (χ2v) is 2.70. The molecule has 1 rings (SSSR count). The fourth-order valence-electron chi connectivity index (χ4n) is 1.17. The predicted octanol–water partition coefficient (Wildman–Crippen LogP) is 1.88. The van der Waals surface area contributed by atoms with E-state index >= 15 is 0 Å². The Balaban J connectivity index is 0.00000169. The second kappa shape index (κ2) is 8.10. The summed E-state index contributed by atoms with van der Waals surface area (Å²) in [5, 5.41) is 0.